The number of nitrogens with one attached hydrogen (secondary N) is 1. The molecule has 0 saturated heterocycles. The Balaban J connectivity index is 1.42. The summed E-state index contributed by atoms with van der Waals surface area (Å²) in [6.07, 6.45) is -4.29. The van der Waals surface area contributed by atoms with E-state index in [1.807, 2.05) is 41.1 Å². The average Bonchev–Trinajstić information content (AvgIpc) is 3.39. The summed E-state index contributed by atoms with van der Waals surface area (Å²) in [6.45, 7) is 0. The van der Waals surface area contributed by atoms with Crippen LogP contribution in [0.5, 0.6) is 0 Å². The van der Waals surface area contributed by atoms with Crippen molar-refractivity contribution in [1.82, 2.24) is 5.32 Å². The Labute approximate surface area is 203 Å². The molecule has 0 saturated carbocycles. The third-order valence-corrected chi connectivity index (χ3v) is 6.23. The molecule has 3 aromatic carbocycles. The summed E-state index contributed by atoms with van der Waals surface area (Å²) in [5.41, 5.74) is 3.60. The zero-order chi connectivity index (χ0) is 25.0. The lowest BCUT2D eigenvalue weighted by Gasteiger charge is -2.15. The molecule has 0 aliphatic rings. The smallest absolute Gasteiger partial charge is 0.416 e. The fourth-order valence-corrected chi connectivity index (χ4v) is 4.27. The molecule has 0 unspecified atom stereocenters. The van der Waals surface area contributed by atoms with Crippen LogP contribution in [0, 0.1) is 0 Å². The van der Waals surface area contributed by atoms with Crippen LogP contribution in [0.2, 0.25) is 0 Å². The maximum Gasteiger partial charge on any atom is 0.416 e. The maximum atomic E-state index is 12.8. The number of hydrogen-bond acceptors (Lipinski definition) is 3. The summed E-state index contributed by atoms with van der Waals surface area (Å²) in [5, 5.41) is 16.2. The van der Waals surface area contributed by atoms with Crippen molar-refractivity contribution in [2.24, 2.45) is 0 Å². The highest BCUT2D eigenvalue weighted by Crippen LogP contribution is 2.31. The summed E-state index contributed by atoms with van der Waals surface area (Å²) in [4.78, 5) is 24.4. The van der Waals surface area contributed by atoms with Gasteiger partial charge in [-0.15, -0.1) is 0 Å². The summed E-state index contributed by atoms with van der Waals surface area (Å²) >= 11 is 1.59. The molecule has 0 radical (unpaired) electrons. The Hall–Kier alpha value is -3.91. The lowest BCUT2D eigenvalue weighted by molar-refractivity contribution is -0.139. The molecule has 35 heavy (non-hydrogen) atoms. The van der Waals surface area contributed by atoms with Crippen molar-refractivity contribution < 1.29 is 27.9 Å². The van der Waals surface area contributed by atoms with Gasteiger partial charge in [-0.05, 0) is 68.9 Å². The van der Waals surface area contributed by atoms with Gasteiger partial charge >= 0.3 is 12.1 Å². The van der Waals surface area contributed by atoms with E-state index in [4.69, 9.17) is 0 Å². The van der Waals surface area contributed by atoms with E-state index in [1.165, 1.54) is 24.3 Å². The Kier molecular flexibility index (Phi) is 7.02. The van der Waals surface area contributed by atoms with Crippen LogP contribution in [0.3, 0.4) is 0 Å². The Morgan fingerprint density at radius 3 is 1.86 bits per heavy atom. The highest BCUT2D eigenvalue weighted by atomic mass is 32.1. The molecule has 4 aromatic rings. The summed E-state index contributed by atoms with van der Waals surface area (Å²) < 4.78 is 38.3. The summed E-state index contributed by atoms with van der Waals surface area (Å²) in [6, 6.07) is 19.4. The number of carbonyl (C=O) groups is 2. The molecule has 1 atom stereocenters. The fourth-order valence-electron chi connectivity index (χ4n) is 3.61. The van der Waals surface area contributed by atoms with Gasteiger partial charge in [0, 0.05) is 12.0 Å². The van der Waals surface area contributed by atoms with E-state index in [1.54, 1.807) is 23.5 Å². The van der Waals surface area contributed by atoms with Gasteiger partial charge in [0.2, 0.25) is 0 Å². The number of amides is 1. The van der Waals surface area contributed by atoms with Crippen molar-refractivity contribution in [1.29, 1.82) is 0 Å². The van der Waals surface area contributed by atoms with Crippen molar-refractivity contribution >= 4 is 23.2 Å². The van der Waals surface area contributed by atoms with Crippen LogP contribution in [0.25, 0.3) is 22.3 Å². The van der Waals surface area contributed by atoms with Crippen molar-refractivity contribution in [3.05, 3.63) is 106 Å². The van der Waals surface area contributed by atoms with E-state index in [0.29, 0.717) is 11.1 Å². The number of alkyl halides is 3. The number of benzene rings is 3. The lowest BCUT2D eigenvalue weighted by atomic mass is 10.0. The second kappa shape index (κ2) is 10.1. The zero-order valence-corrected chi connectivity index (χ0v) is 19.1. The predicted molar refractivity (Wildman–Crippen MR) is 129 cm³/mol. The van der Waals surface area contributed by atoms with E-state index in [9.17, 15) is 27.9 Å². The minimum absolute atomic E-state index is 0.120. The van der Waals surface area contributed by atoms with E-state index >= 15 is 0 Å². The van der Waals surface area contributed by atoms with Crippen molar-refractivity contribution in [3.8, 4) is 22.3 Å². The van der Waals surface area contributed by atoms with E-state index in [2.05, 4.69) is 5.32 Å². The normalized spacial score (nSPS) is 12.2. The first-order valence-electron chi connectivity index (χ1n) is 10.6. The molecule has 4 nitrogen and oxygen atoms in total. The quantitative estimate of drug-likeness (QED) is 0.307. The molecule has 0 bridgehead atoms. The Bertz CT molecular complexity index is 1300. The first-order valence-corrected chi connectivity index (χ1v) is 11.6. The van der Waals surface area contributed by atoms with Gasteiger partial charge in [0.1, 0.15) is 6.04 Å². The molecule has 8 heteroatoms. The molecule has 2 N–H and O–H groups in total. The second-order valence-corrected chi connectivity index (χ2v) is 8.71. The third kappa shape index (κ3) is 5.96. The topological polar surface area (TPSA) is 66.4 Å². The molecule has 0 aliphatic heterocycles. The number of aliphatic carboxylic acids is 1. The molecule has 1 amide bonds. The van der Waals surface area contributed by atoms with Gasteiger partial charge in [-0.3, -0.25) is 4.79 Å². The number of carboxylic acids is 1. The molecule has 0 aliphatic carbocycles. The summed E-state index contributed by atoms with van der Waals surface area (Å²) in [7, 11) is 0. The number of carbonyl (C=O) groups excluding carboxylic acids is 1. The molecule has 1 heterocycles. The lowest BCUT2D eigenvalue weighted by Crippen LogP contribution is -2.42. The highest BCUT2D eigenvalue weighted by Gasteiger charge is 2.30. The van der Waals surface area contributed by atoms with Crippen LogP contribution < -0.4 is 5.32 Å². The van der Waals surface area contributed by atoms with Crippen LogP contribution in [0.15, 0.2) is 89.6 Å². The average molecular weight is 496 g/mol. The molecule has 0 fully saturated rings. The van der Waals surface area contributed by atoms with Gasteiger partial charge in [-0.2, -0.15) is 24.5 Å². The first kappa shape index (κ1) is 24.2. The third-order valence-electron chi connectivity index (χ3n) is 5.54. The van der Waals surface area contributed by atoms with Crippen LogP contribution in [0.1, 0.15) is 21.5 Å². The maximum absolute atomic E-state index is 12.8. The number of thiophene rings is 1. The van der Waals surface area contributed by atoms with Gasteiger partial charge in [-0.25, -0.2) is 4.79 Å². The van der Waals surface area contributed by atoms with E-state index < -0.39 is 29.7 Å². The molecule has 178 valence electrons. The van der Waals surface area contributed by atoms with Gasteiger partial charge in [0.25, 0.3) is 5.91 Å². The zero-order valence-electron chi connectivity index (χ0n) is 18.3. The molecule has 0 spiro atoms. The fraction of sp³-hybridized carbons (Fsp3) is 0.111. The van der Waals surface area contributed by atoms with Crippen LogP contribution in [0.4, 0.5) is 13.2 Å². The Morgan fingerprint density at radius 2 is 1.34 bits per heavy atom. The molecular formula is C27H20F3NO3S. The van der Waals surface area contributed by atoms with Crippen molar-refractivity contribution in [3.63, 3.8) is 0 Å². The number of rotatable bonds is 7. The van der Waals surface area contributed by atoms with Crippen molar-refractivity contribution in [2.45, 2.75) is 18.6 Å². The first-order chi connectivity index (χ1) is 16.7. The van der Waals surface area contributed by atoms with Gasteiger partial charge < -0.3 is 10.4 Å². The SMILES string of the molecule is O=C(N[C@@H](Cc1ccc(-c2ccsc2)cc1)C(=O)O)c1ccc(-c2ccc(C(F)(F)F)cc2)cc1. The summed E-state index contributed by atoms with van der Waals surface area (Å²) in [5.74, 6) is -1.70. The molecule has 1 aromatic heterocycles. The van der Waals surface area contributed by atoms with Gasteiger partial charge in [0.05, 0.1) is 5.56 Å². The second-order valence-electron chi connectivity index (χ2n) is 7.93. The van der Waals surface area contributed by atoms with Crippen LogP contribution >= 0.6 is 11.3 Å². The van der Waals surface area contributed by atoms with Gasteiger partial charge in [-0.1, -0.05) is 48.5 Å². The number of hydrogen-bond donors (Lipinski definition) is 2. The largest absolute Gasteiger partial charge is 0.480 e. The van der Waals surface area contributed by atoms with E-state index in [0.717, 1.165) is 28.8 Å². The van der Waals surface area contributed by atoms with E-state index in [-0.39, 0.29) is 12.0 Å². The molecule has 4 rings (SSSR count). The van der Waals surface area contributed by atoms with Crippen LogP contribution in [-0.2, 0) is 17.4 Å². The van der Waals surface area contributed by atoms with Gasteiger partial charge in [0.15, 0.2) is 0 Å². The monoisotopic (exact) mass is 495 g/mol. The number of carboxylic acid groups (broad SMARTS) is 1. The standard InChI is InChI=1S/C27H20F3NO3S/c28-27(29,30)23-11-9-19(10-12-23)18-5-7-21(8-6-18)25(32)31-24(26(33)34)15-17-1-3-20(4-2-17)22-13-14-35-16-22/h1-14,16,24H,15H2,(H,31,32)(H,33,34)/t24-/m0/s1. The Morgan fingerprint density at radius 1 is 0.800 bits per heavy atom. The van der Waals surface area contributed by atoms with Crippen LogP contribution in [-0.4, -0.2) is 23.0 Å². The molecular weight excluding hydrogens is 475 g/mol. The number of halogens is 3. The predicted octanol–water partition coefficient (Wildman–Crippen LogP) is 6.53. The minimum Gasteiger partial charge on any atom is -0.480 e. The van der Waals surface area contributed by atoms with Crippen molar-refractivity contribution in [2.75, 3.05) is 0 Å². The minimum atomic E-state index is -4.41. The highest BCUT2D eigenvalue weighted by molar-refractivity contribution is 7.08.